The van der Waals surface area contributed by atoms with Gasteiger partial charge in [-0.1, -0.05) is 6.07 Å². The lowest BCUT2D eigenvalue weighted by Gasteiger charge is -2.17. The zero-order valence-electron chi connectivity index (χ0n) is 11.9. The number of benzene rings is 2. The van der Waals surface area contributed by atoms with Crippen LogP contribution in [0, 0.1) is 11.6 Å². The van der Waals surface area contributed by atoms with Gasteiger partial charge in [0.25, 0.3) is 0 Å². The highest BCUT2D eigenvalue weighted by atomic mass is 19.1. The summed E-state index contributed by atoms with van der Waals surface area (Å²) in [5.74, 6) is -0.431. The molecule has 0 radical (unpaired) electrons. The van der Waals surface area contributed by atoms with Gasteiger partial charge in [-0.2, -0.15) is 0 Å². The molecule has 3 nitrogen and oxygen atoms in total. The summed E-state index contributed by atoms with van der Waals surface area (Å²) in [6.07, 6.45) is 0. The van der Waals surface area contributed by atoms with Crippen LogP contribution in [0.3, 0.4) is 0 Å². The number of hydrogen-bond donors (Lipinski definition) is 2. The van der Waals surface area contributed by atoms with Gasteiger partial charge < -0.3 is 15.2 Å². The molecule has 0 heterocycles. The molecule has 112 valence electrons. The van der Waals surface area contributed by atoms with E-state index >= 15 is 0 Å². The number of rotatable bonds is 5. The van der Waals surface area contributed by atoms with Crippen molar-refractivity contribution >= 4 is 0 Å². The van der Waals surface area contributed by atoms with Crippen LogP contribution in [-0.2, 0) is 6.54 Å². The summed E-state index contributed by atoms with van der Waals surface area (Å²) in [4.78, 5) is 0. The number of aromatic hydroxyl groups is 1. The van der Waals surface area contributed by atoms with Crippen LogP contribution in [0.1, 0.15) is 24.1 Å². The normalized spacial score (nSPS) is 12.2. The van der Waals surface area contributed by atoms with Crippen molar-refractivity contribution in [3.63, 3.8) is 0 Å². The summed E-state index contributed by atoms with van der Waals surface area (Å²) in [6, 6.07) is 8.17. The van der Waals surface area contributed by atoms with Gasteiger partial charge in [-0.15, -0.1) is 0 Å². The molecule has 0 aliphatic carbocycles. The van der Waals surface area contributed by atoms with E-state index in [0.29, 0.717) is 16.9 Å². The fourth-order valence-electron chi connectivity index (χ4n) is 2.04. The molecule has 2 aromatic carbocycles. The number of nitrogens with one attached hydrogen (secondary N) is 1. The average Bonchev–Trinajstić information content (AvgIpc) is 2.46. The Morgan fingerprint density at radius 3 is 2.62 bits per heavy atom. The van der Waals surface area contributed by atoms with Crippen LogP contribution < -0.4 is 10.1 Å². The molecular formula is C16H17F2NO2. The third-order valence-electron chi connectivity index (χ3n) is 3.32. The molecule has 2 aromatic rings. The van der Waals surface area contributed by atoms with Gasteiger partial charge in [0.1, 0.15) is 23.1 Å². The Labute approximate surface area is 122 Å². The fourth-order valence-corrected chi connectivity index (χ4v) is 2.04. The number of methoxy groups -OCH3 is 1. The van der Waals surface area contributed by atoms with E-state index in [-0.39, 0.29) is 18.3 Å². The summed E-state index contributed by atoms with van der Waals surface area (Å²) >= 11 is 0. The van der Waals surface area contributed by atoms with Crippen molar-refractivity contribution in [3.8, 4) is 11.5 Å². The molecule has 0 aromatic heterocycles. The molecule has 0 saturated heterocycles. The monoisotopic (exact) mass is 293 g/mol. The quantitative estimate of drug-likeness (QED) is 0.886. The second-order valence-electron chi connectivity index (χ2n) is 4.76. The van der Waals surface area contributed by atoms with Gasteiger partial charge in [0.2, 0.25) is 0 Å². The van der Waals surface area contributed by atoms with Crippen LogP contribution in [-0.4, -0.2) is 12.2 Å². The Morgan fingerprint density at radius 2 is 1.95 bits per heavy atom. The Morgan fingerprint density at radius 1 is 1.19 bits per heavy atom. The van der Waals surface area contributed by atoms with Crippen LogP contribution in [0.25, 0.3) is 0 Å². The van der Waals surface area contributed by atoms with Crippen molar-refractivity contribution in [2.75, 3.05) is 7.11 Å². The van der Waals surface area contributed by atoms with E-state index < -0.39 is 11.6 Å². The van der Waals surface area contributed by atoms with Gasteiger partial charge in [0, 0.05) is 29.8 Å². The Kier molecular flexibility index (Phi) is 4.75. The number of phenols is 1. The smallest absolute Gasteiger partial charge is 0.130 e. The zero-order valence-corrected chi connectivity index (χ0v) is 11.9. The number of ether oxygens (including phenoxy) is 1. The van der Waals surface area contributed by atoms with Gasteiger partial charge in [-0.05, 0) is 31.2 Å². The maximum Gasteiger partial charge on any atom is 0.130 e. The maximum absolute atomic E-state index is 13.6. The van der Waals surface area contributed by atoms with Crippen molar-refractivity contribution in [2.24, 2.45) is 0 Å². The van der Waals surface area contributed by atoms with Crippen LogP contribution in [0.2, 0.25) is 0 Å². The first-order valence-corrected chi connectivity index (χ1v) is 6.55. The highest BCUT2D eigenvalue weighted by Gasteiger charge is 2.12. The van der Waals surface area contributed by atoms with E-state index in [9.17, 15) is 13.9 Å². The Balaban J connectivity index is 2.09. The Hall–Kier alpha value is -2.14. The van der Waals surface area contributed by atoms with Crippen molar-refractivity contribution in [2.45, 2.75) is 19.5 Å². The van der Waals surface area contributed by atoms with E-state index in [0.717, 1.165) is 6.07 Å². The SMILES string of the molecule is COc1ccc(O)c(C(C)NCc2ccc(F)cc2F)c1. The lowest BCUT2D eigenvalue weighted by Crippen LogP contribution is -2.19. The molecule has 0 saturated carbocycles. The molecule has 0 amide bonds. The fraction of sp³-hybridized carbons (Fsp3) is 0.250. The molecule has 1 unspecified atom stereocenters. The molecule has 0 fully saturated rings. The molecule has 2 rings (SSSR count). The van der Waals surface area contributed by atoms with Gasteiger partial charge in [-0.25, -0.2) is 8.78 Å². The molecule has 0 bridgehead atoms. The van der Waals surface area contributed by atoms with Crippen LogP contribution in [0.4, 0.5) is 8.78 Å². The van der Waals surface area contributed by atoms with E-state index in [1.807, 2.05) is 6.92 Å². The third-order valence-corrected chi connectivity index (χ3v) is 3.32. The van der Waals surface area contributed by atoms with Gasteiger partial charge in [-0.3, -0.25) is 0 Å². The average molecular weight is 293 g/mol. The molecule has 0 aliphatic heterocycles. The summed E-state index contributed by atoms with van der Waals surface area (Å²) in [7, 11) is 1.54. The van der Waals surface area contributed by atoms with E-state index in [4.69, 9.17) is 4.74 Å². The number of halogens is 2. The Bertz CT molecular complexity index is 632. The predicted molar refractivity (Wildman–Crippen MR) is 76.3 cm³/mol. The summed E-state index contributed by atoms with van der Waals surface area (Å²) < 4.78 is 31.5. The first kappa shape index (κ1) is 15.3. The first-order valence-electron chi connectivity index (χ1n) is 6.55. The van der Waals surface area contributed by atoms with Gasteiger partial charge >= 0.3 is 0 Å². The van der Waals surface area contributed by atoms with Gasteiger partial charge in [0.15, 0.2) is 0 Å². The molecule has 2 N–H and O–H groups in total. The molecule has 21 heavy (non-hydrogen) atoms. The van der Waals surface area contributed by atoms with Crippen molar-refractivity contribution in [3.05, 3.63) is 59.2 Å². The van der Waals surface area contributed by atoms with Crippen LogP contribution in [0.5, 0.6) is 11.5 Å². The number of phenolic OH excluding ortho intramolecular Hbond substituents is 1. The molecule has 5 heteroatoms. The van der Waals surface area contributed by atoms with Crippen molar-refractivity contribution in [1.82, 2.24) is 5.32 Å². The van der Waals surface area contributed by atoms with E-state index in [1.54, 1.807) is 25.3 Å². The minimum Gasteiger partial charge on any atom is -0.508 e. The second kappa shape index (κ2) is 6.54. The predicted octanol–water partition coefficient (Wildman–Crippen LogP) is 3.53. The molecule has 1 atom stereocenters. The first-order chi connectivity index (χ1) is 10.0. The van der Waals surface area contributed by atoms with Crippen molar-refractivity contribution in [1.29, 1.82) is 0 Å². The van der Waals surface area contributed by atoms with Crippen LogP contribution >= 0.6 is 0 Å². The lowest BCUT2D eigenvalue weighted by atomic mass is 10.1. The summed E-state index contributed by atoms with van der Waals surface area (Å²) in [5.41, 5.74) is 1.02. The number of hydrogen-bond acceptors (Lipinski definition) is 3. The summed E-state index contributed by atoms with van der Waals surface area (Å²) in [5, 5.41) is 13.0. The standard InChI is InChI=1S/C16H17F2NO2/c1-10(14-8-13(21-2)5-6-16(14)20)19-9-11-3-4-12(17)7-15(11)18/h3-8,10,19-20H,9H2,1-2H3. The molecule has 0 spiro atoms. The minimum atomic E-state index is -0.602. The summed E-state index contributed by atoms with van der Waals surface area (Å²) in [6.45, 7) is 2.07. The molecule has 0 aliphatic rings. The zero-order chi connectivity index (χ0) is 15.4. The van der Waals surface area contributed by atoms with Crippen LogP contribution in [0.15, 0.2) is 36.4 Å². The highest BCUT2D eigenvalue weighted by molar-refractivity contribution is 5.41. The molecular weight excluding hydrogens is 276 g/mol. The lowest BCUT2D eigenvalue weighted by molar-refractivity contribution is 0.407. The minimum absolute atomic E-state index is 0.135. The van der Waals surface area contributed by atoms with Crippen molar-refractivity contribution < 1.29 is 18.6 Å². The van der Waals surface area contributed by atoms with Gasteiger partial charge in [0.05, 0.1) is 7.11 Å². The maximum atomic E-state index is 13.6. The van der Waals surface area contributed by atoms with E-state index in [2.05, 4.69) is 5.32 Å². The van der Waals surface area contributed by atoms with E-state index in [1.165, 1.54) is 12.1 Å². The second-order valence-corrected chi connectivity index (χ2v) is 4.76. The third kappa shape index (κ3) is 3.70. The highest BCUT2D eigenvalue weighted by Crippen LogP contribution is 2.28. The topological polar surface area (TPSA) is 41.5 Å². The largest absolute Gasteiger partial charge is 0.508 e.